The Morgan fingerprint density at radius 2 is 1.00 bits per heavy atom. The van der Waals surface area contributed by atoms with Crippen LogP contribution in [0.15, 0.2) is 48.5 Å². The highest BCUT2D eigenvalue weighted by molar-refractivity contribution is 6.30. The molecule has 2 unspecified atom stereocenters. The molecule has 0 radical (unpaired) electrons. The maximum absolute atomic E-state index is 12.6. The molecule has 1 aliphatic heterocycles. The zero-order valence-corrected chi connectivity index (χ0v) is 25.1. The number of carbonyl (C=O) groups excluding carboxylic acids is 2. The van der Waals surface area contributed by atoms with Gasteiger partial charge in [-0.25, -0.2) is 0 Å². The number of piperazine rings is 1. The highest BCUT2D eigenvalue weighted by Gasteiger charge is 2.23. The van der Waals surface area contributed by atoms with Crippen LogP contribution in [0.4, 0.5) is 0 Å². The van der Waals surface area contributed by atoms with Gasteiger partial charge in [0.15, 0.2) is 0 Å². The Kier molecular flexibility index (Phi) is 16.3. The number of rotatable bonds is 12. The molecule has 2 aromatic rings. The molecule has 1 aliphatic rings. The van der Waals surface area contributed by atoms with Crippen LogP contribution < -0.4 is 0 Å². The zero-order chi connectivity index (χ0) is 25.9. The third kappa shape index (κ3) is 10.6. The van der Waals surface area contributed by atoms with Crippen LogP contribution in [0.3, 0.4) is 0 Å². The van der Waals surface area contributed by atoms with E-state index in [0.717, 1.165) is 37.3 Å². The molecule has 0 aliphatic carbocycles. The highest BCUT2D eigenvalue weighted by atomic mass is 35.5. The second kappa shape index (κ2) is 17.9. The van der Waals surface area contributed by atoms with Gasteiger partial charge in [0.05, 0.1) is 11.8 Å². The van der Waals surface area contributed by atoms with Gasteiger partial charge in [-0.05, 0) is 48.2 Å². The van der Waals surface area contributed by atoms with Crippen molar-refractivity contribution >= 4 is 60.0 Å². The molecule has 0 amide bonds. The molecule has 2 aromatic carbocycles. The van der Waals surface area contributed by atoms with E-state index in [9.17, 15) is 9.59 Å². The van der Waals surface area contributed by atoms with Gasteiger partial charge in [-0.15, -0.1) is 24.8 Å². The van der Waals surface area contributed by atoms with Crippen LogP contribution in [-0.2, 0) is 19.1 Å². The van der Waals surface area contributed by atoms with E-state index in [1.54, 1.807) is 24.3 Å². The minimum Gasteiger partial charge on any atom is -0.464 e. The van der Waals surface area contributed by atoms with E-state index in [1.165, 1.54) is 0 Å². The molecule has 0 bridgehead atoms. The standard InChI is InChI=1S/C28H36Cl2N2O4.2ClH/c1-3-25(21-5-9-23(29)10-6-21)27(33)35-19-17-31-13-15-32(16-14-31)18-20-36-28(34)26(4-2)22-7-11-24(30)12-8-22;;/h5-12,25-26H,3-4,13-20H2,1-2H3;2*1H. The van der Waals surface area contributed by atoms with Crippen LogP contribution in [0.25, 0.3) is 0 Å². The van der Waals surface area contributed by atoms with Gasteiger partial charge in [0, 0.05) is 49.3 Å². The van der Waals surface area contributed by atoms with Gasteiger partial charge in [0.1, 0.15) is 13.2 Å². The largest absolute Gasteiger partial charge is 0.464 e. The van der Waals surface area contributed by atoms with E-state index in [0.29, 0.717) is 49.2 Å². The normalized spacial score (nSPS) is 15.5. The molecule has 1 heterocycles. The number of hydrogen-bond acceptors (Lipinski definition) is 6. The fourth-order valence-electron chi connectivity index (χ4n) is 4.46. The summed E-state index contributed by atoms with van der Waals surface area (Å²) >= 11 is 11.9. The van der Waals surface area contributed by atoms with E-state index < -0.39 is 0 Å². The van der Waals surface area contributed by atoms with Crippen LogP contribution in [0.5, 0.6) is 0 Å². The van der Waals surface area contributed by atoms with Gasteiger partial charge in [-0.1, -0.05) is 61.3 Å². The first kappa shape index (κ1) is 34.5. The van der Waals surface area contributed by atoms with Gasteiger partial charge >= 0.3 is 11.9 Å². The molecule has 0 aromatic heterocycles. The topological polar surface area (TPSA) is 59.1 Å². The predicted octanol–water partition coefficient (Wildman–Crippen LogP) is 6.23. The lowest BCUT2D eigenvalue weighted by atomic mass is 9.97. The number of nitrogens with zero attached hydrogens (tertiary/aromatic N) is 2. The van der Waals surface area contributed by atoms with Gasteiger partial charge in [-0.3, -0.25) is 19.4 Å². The number of carbonyl (C=O) groups is 2. The number of halogens is 4. The summed E-state index contributed by atoms with van der Waals surface area (Å²) in [5.74, 6) is -0.920. The maximum Gasteiger partial charge on any atom is 0.313 e. The molecule has 3 rings (SSSR count). The number of esters is 2. The van der Waals surface area contributed by atoms with Crippen molar-refractivity contribution in [2.75, 3.05) is 52.5 Å². The van der Waals surface area contributed by atoms with Crippen molar-refractivity contribution in [3.8, 4) is 0 Å². The van der Waals surface area contributed by atoms with Crippen LogP contribution >= 0.6 is 48.0 Å². The molecule has 2 atom stereocenters. The first-order valence-electron chi connectivity index (χ1n) is 12.7. The first-order valence-corrected chi connectivity index (χ1v) is 13.5. The Morgan fingerprint density at radius 1 is 0.684 bits per heavy atom. The van der Waals surface area contributed by atoms with Crippen molar-refractivity contribution in [1.29, 1.82) is 0 Å². The number of hydrogen-bond donors (Lipinski definition) is 0. The average molecular weight is 608 g/mol. The SMILES string of the molecule is CCC(C(=O)OCCN1CCN(CCOC(=O)C(CC)c2ccc(Cl)cc2)CC1)c1ccc(Cl)cc1.Cl.Cl. The quantitative estimate of drug-likeness (QED) is 0.267. The lowest BCUT2D eigenvalue weighted by Crippen LogP contribution is -2.48. The molecule has 38 heavy (non-hydrogen) atoms. The molecule has 1 fully saturated rings. The van der Waals surface area contributed by atoms with Crippen LogP contribution in [-0.4, -0.2) is 74.2 Å². The first-order chi connectivity index (χ1) is 17.4. The predicted molar refractivity (Wildman–Crippen MR) is 158 cm³/mol. The summed E-state index contributed by atoms with van der Waals surface area (Å²) in [4.78, 5) is 29.7. The van der Waals surface area contributed by atoms with Crippen molar-refractivity contribution in [3.05, 3.63) is 69.7 Å². The fraction of sp³-hybridized carbons (Fsp3) is 0.500. The summed E-state index contributed by atoms with van der Waals surface area (Å²) in [7, 11) is 0. The van der Waals surface area contributed by atoms with Gasteiger partial charge in [0.2, 0.25) is 0 Å². The summed E-state index contributed by atoms with van der Waals surface area (Å²) in [5.41, 5.74) is 1.86. The second-order valence-corrected chi connectivity index (χ2v) is 9.92. The zero-order valence-electron chi connectivity index (χ0n) is 21.9. The van der Waals surface area contributed by atoms with E-state index >= 15 is 0 Å². The van der Waals surface area contributed by atoms with E-state index in [4.69, 9.17) is 32.7 Å². The van der Waals surface area contributed by atoms with Crippen molar-refractivity contribution in [1.82, 2.24) is 9.80 Å². The van der Waals surface area contributed by atoms with Crippen LogP contribution in [0, 0.1) is 0 Å². The summed E-state index contributed by atoms with van der Waals surface area (Å²) in [6.07, 6.45) is 1.37. The van der Waals surface area contributed by atoms with Gasteiger partial charge in [0.25, 0.3) is 0 Å². The molecular formula is C28H38Cl4N2O4. The van der Waals surface area contributed by atoms with Crippen molar-refractivity contribution < 1.29 is 19.1 Å². The number of ether oxygens (including phenoxy) is 2. The smallest absolute Gasteiger partial charge is 0.313 e. The monoisotopic (exact) mass is 606 g/mol. The highest BCUT2D eigenvalue weighted by Crippen LogP contribution is 2.24. The third-order valence-corrected chi connectivity index (χ3v) is 7.20. The number of benzene rings is 2. The van der Waals surface area contributed by atoms with E-state index in [1.807, 2.05) is 38.1 Å². The molecule has 10 heteroatoms. The lowest BCUT2D eigenvalue weighted by Gasteiger charge is -2.34. The van der Waals surface area contributed by atoms with Crippen molar-refractivity contribution in [2.45, 2.75) is 38.5 Å². The molecule has 0 spiro atoms. The molecular weight excluding hydrogens is 570 g/mol. The summed E-state index contributed by atoms with van der Waals surface area (Å²) < 4.78 is 11.2. The Labute approximate surface area is 248 Å². The second-order valence-electron chi connectivity index (χ2n) is 9.04. The molecule has 0 N–H and O–H groups in total. The van der Waals surface area contributed by atoms with E-state index in [2.05, 4.69) is 9.80 Å². The molecule has 1 saturated heterocycles. The third-order valence-electron chi connectivity index (χ3n) is 6.70. The van der Waals surface area contributed by atoms with Crippen molar-refractivity contribution in [3.63, 3.8) is 0 Å². The summed E-state index contributed by atoms with van der Waals surface area (Å²) in [6, 6.07) is 14.7. The maximum atomic E-state index is 12.6. The van der Waals surface area contributed by atoms with E-state index in [-0.39, 0.29) is 48.6 Å². The minimum absolute atomic E-state index is 0. The lowest BCUT2D eigenvalue weighted by molar-refractivity contribution is -0.147. The molecule has 6 nitrogen and oxygen atoms in total. The van der Waals surface area contributed by atoms with Crippen LogP contribution in [0.2, 0.25) is 10.0 Å². The Hall–Kier alpha value is -1.54. The minimum atomic E-state index is -0.270. The van der Waals surface area contributed by atoms with Crippen LogP contribution in [0.1, 0.15) is 49.7 Å². The Bertz CT molecular complexity index is 888. The summed E-state index contributed by atoms with van der Waals surface area (Å²) in [5, 5.41) is 1.31. The fourth-order valence-corrected chi connectivity index (χ4v) is 4.71. The molecule has 0 saturated carbocycles. The average Bonchev–Trinajstić information content (AvgIpc) is 2.88. The Balaban J connectivity index is 0.00000361. The van der Waals surface area contributed by atoms with Gasteiger partial charge < -0.3 is 9.47 Å². The molecule has 212 valence electrons. The Morgan fingerprint density at radius 3 is 1.29 bits per heavy atom. The van der Waals surface area contributed by atoms with Crippen molar-refractivity contribution in [2.24, 2.45) is 0 Å². The van der Waals surface area contributed by atoms with Gasteiger partial charge in [-0.2, -0.15) is 0 Å². The summed E-state index contributed by atoms with van der Waals surface area (Å²) in [6.45, 7) is 9.71.